The van der Waals surface area contributed by atoms with Crippen LogP contribution in [0.5, 0.6) is 0 Å². The topological polar surface area (TPSA) is 30.5 Å². The molecule has 2 aliphatic rings. The van der Waals surface area contributed by atoms with Gasteiger partial charge < -0.3 is 10.6 Å². The molecule has 2 rings (SSSR count). The Morgan fingerprint density at radius 1 is 0.667 bits per heavy atom. The summed E-state index contributed by atoms with van der Waals surface area (Å²) >= 11 is 8.31. The molecule has 0 aromatic rings. The summed E-state index contributed by atoms with van der Waals surface area (Å²) < 4.78 is 4.05. The Morgan fingerprint density at radius 2 is 0.933 bits per heavy atom. The third kappa shape index (κ3) is 8.55. The molecule has 2 aliphatic heterocycles. The predicted molar refractivity (Wildman–Crippen MR) is 78.2 cm³/mol. The van der Waals surface area contributed by atoms with E-state index in [4.69, 9.17) is 0 Å². The summed E-state index contributed by atoms with van der Waals surface area (Å²) in [7, 11) is 0. The number of piperazine rings is 2. The van der Waals surface area contributed by atoms with Crippen molar-refractivity contribution in [1.29, 1.82) is 0 Å². The maximum absolute atomic E-state index is 4.15. The average molecular weight is 269 g/mol. The molecule has 7 heteroatoms. The minimum atomic E-state index is 0. The Bertz CT molecular complexity index is 125. The minimum absolute atomic E-state index is 0. The van der Waals surface area contributed by atoms with Gasteiger partial charge in [0.2, 0.25) is 0 Å². The summed E-state index contributed by atoms with van der Waals surface area (Å²) in [6.07, 6.45) is 0. The molecule has 0 radical (unpaired) electrons. The molecule has 2 fully saturated rings. The van der Waals surface area contributed by atoms with Crippen LogP contribution in [0, 0.1) is 0 Å². The van der Waals surface area contributed by atoms with Gasteiger partial charge in [-0.05, 0) is 11.0 Å². The fourth-order valence-corrected chi connectivity index (χ4v) is 1.71. The highest BCUT2D eigenvalue weighted by molar-refractivity contribution is 7.77. The number of nitrogens with one attached hydrogen (secondary N) is 2. The van der Waals surface area contributed by atoms with Gasteiger partial charge in [-0.15, -0.1) is 0 Å². The van der Waals surface area contributed by atoms with Gasteiger partial charge in [0.25, 0.3) is 0 Å². The van der Waals surface area contributed by atoms with Crippen LogP contribution in [-0.2, 0) is 0 Å². The van der Waals surface area contributed by atoms with Gasteiger partial charge in [0.15, 0.2) is 0 Å². The minimum Gasteiger partial charge on any atom is -0.314 e. The zero-order valence-electron chi connectivity index (χ0n) is 8.45. The molecule has 15 heavy (non-hydrogen) atoms. The van der Waals surface area contributed by atoms with Crippen molar-refractivity contribution < 1.29 is 0 Å². The number of hydrogen-bond donors (Lipinski definition) is 4. The molecule has 0 aromatic heterocycles. The lowest BCUT2D eigenvalue weighted by molar-refractivity contribution is 0.400. The molecule has 0 bridgehead atoms. The van der Waals surface area contributed by atoms with E-state index in [-0.39, 0.29) is 11.0 Å². The van der Waals surface area contributed by atoms with Gasteiger partial charge in [0.1, 0.15) is 0 Å². The first-order valence-electron chi connectivity index (χ1n) is 5.08. The van der Waals surface area contributed by atoms with Crippen molar-refractivity contribution in [3.8, 4) is 0 Å². The largest absolute Gasteiger partial charge is 0.314 e. The van der Waals surface area contributed by atoms with Crippen molar-refractivity contribution in [2.45, 2.75) is 0 Å². The summed E-state index contributed by atoms with van der Waals surface area (Å²) in [5, 5.41) is 6.45. The Labute approximate surface area is 108 Å². The van der Waals surface area contributed by atoms with E-state index in [1.165, 1.54) is 0 Å². The first-order chi connectivity index (χ1) is 6.79. The Balaban J connectivity index is 0.000000245. The molecule has 92 valence electrons. The maximum atomic E-state index is 4.15. The molecule has 0 aliphatic carbocycles. The van der Waals surface area contributed by atoms with Crippen LogP contribution in [0.25, 0.3) is 0 Å². The van der Waals surface area contributed by atoms with Crippen LogP contribution in [0.3, 0.4) is 0 Å². The molecule has 0 atom stereocenters. The van der Waals surface area contributed by atoms with Crippen molar-refractivity contribution in [2.24, 2.45) is 0 Å². The summed E-state index contributed by atoms with van der Waals surface area (Å²) in [6.45, 7) is 8.64. The molecule has 0 spiro atoms. The lowest BCUT2D eigenvalue weighted by Crippen LogP contribution is -2.38. The van der Waals surface area contributed by atoms with Crippen LogP contribution in [0.2, 0.25) is 0 Å². The molecule has 0 aromatic carbocycles. The fraction of sp³-hybridized carbons (Fsp3) is 1.00. The molecule has 0 saturated carbocycles. The first-order valence-corrected chi connectivity index (χ1v) is 5.88. The monoisotopic (exact) mass is 268 g/mol. The molecule has 0 amide bonds. The van der Waals surface area contributed by atoms with E-state index >= 15 is 0 Å². The van der Waals surface area contributed by atoms with Gasteiger partial charge in [-0.3, -0.25) is 8.61 Å². The number of thiol groups is 2. The van der Waals surface area contributed by atoms with E-state index in [1.54, 1.807) is 0 Å². The summed E-state index contributed by atoms with van der Waals surface area (Å²) in [5.74, 6) is 0. The summed E-state index contributed by atoms with van der Waals surface area (Å²) in [5.41, 5.74) is 0. The van der Waals surface area contributed by atoms with Crippen molar-refractivity contribution in [1.82, 2.24) is 19.2 Å². The van der Waals surface area contributed by atoms with E-state index in [1.807, 2.05) is 8.61 Å². The second-order valence-corrected chi connectivity index (χ2v) is 4.54. The van der Waals surface area contributed by atoms with Crippen molar-refractivity contribution in [2.75, 3.05) is 52.4 Å². The molecule has 0 unspecified atom stereocenters. The van der Waals surface area contributed by atoms with Crippen molar-refractivity contribution in [3.05, 3.63) is 0 Å². The van der Waals surface area contributed by atoms with Gasteiger partial charge in [-0.2, -0.15) is 0 Å². The van der Waals surface area contributed by atoms with Crippen LogP contribution in [0.4, 0.5) is 0 Å². The van der Waals surface area contributed by atoms with E-state index in [9.17, 15) is 0 Å². The Hall–Kier alpha value is 0.757. The molecule has 2 saturated heterocycles. The van der Waals surface area contributed by atoms with Crippen molar-refractivity contribution >= 4 is 36.6 Å². The lowest BCUT2D eigenvalue weighted by Gasteiger charge is -2.20. The zero-order chi connectivity index (χ0) is 10.2. The quantitative estimate of drug-likeness (QED) is 0.303. The van der Waals surface area contributed by atoms with Gasteiger partial charge in [-0.1, -0.05) is 25.6 Å². The van der Waals surface area contributed by atoms with E-state index in [2.05, 4.69) is 36.3 Å². The Morgan fingerprint density at radius 3 is 1.07 bits per heavy atom. The summed E-state index contributed by atoms with van der Waals surface area (Å²) in [6, 6.07) is 0. The van der Waals surface area contributed by atoms with Crippen LogP contribution in [0.1, 0.15) is 0 Å². The molecular formula is C8H24N4S2Si. The normalized spacial score (nSPS) is 23.6. The third-order valence-corrected chi connectivity index (χ3v) is 2.99. The zero-order valence-corrected chi connectivity index (χ0v) is 10.2. The van der Waals surface area contributed by atoms with Crippen LogP contribution in [-0.4, -0.2) is 71.9 Å². The highest BCUT2D eigenvalue weighted by Crippen LogP contribution is 1.93. The second kappa shape index (κ2) is 9.95. The van der Waals surface area contributed by atoms with Gasteiger partial charge >= 0.3 is 0 Å². The molecule has 2 heterocycles. The lowest BCUT2D eigenvalue weighted by atomic mass is 10.4. The first kappa shape index (κ1) is 15.8. The maximum Gasteiger partial charge on any atom is 0.0213 e. The predicted octanol–water partition coefficient (Wildman–Crippen LogP) is -1.98. The molecule has 4 nitrogen and oxygen atoms in total. The second-order valence-electron chi connectivity index (χ2n) is 3.41. The van der Waals surface area contributed by atoms with Crippen LogP contribution in [0.15, 0.2) is 0 Å². The fourth-order valence-electron chi connectivity index (χ4n) is 1.31. The van der Waals surface area contributed by atoms with E-state index < -0.39 is 0 Å². The summed E-state index contributed by atoms with van der Waals surface area (Å²) in [4.78, 5) is 0. The average Bonchev–Trinajstić information content (AvgIpc) is 2.21. The van der Waals surface area contributed by atoms with Gasteiger partial charge in [-0.25, -0.2) is 0 Å². The van der Waals surface area contributed by atoms with Crippen LogP contribution >= 0.6 is 25.6 Å². The number of nitrogens with zero attached hydrogens (tertiary/aromatic N) is 2. The Kier molecular flexibility index (Phi) is 10.4. The molecule has 2 N–H and O–H groups in total. The third-order valence-electron chi connectivity index (χ3n) is 2.19. The van der Waals surface area contributed by atoms with Gasteiger partial charge in [0, 0.05) is 52.4 Å². The number of hydrogen-bond acceptors (Lipinski definition) is 6. The van der Waals surface area contributed by atoms with Crippen molar-refractivity contribution in [3.63, 3.8) is 0 Å². The highest BCUT2D eigenvalue weighted by Gasteiger charge is 2.02. The highest BCUT2D eigenvalue weighted by atomic mass is 32.1. The molecular weight excluding hydrogens is 244 g/mol. The standard InChI is InChI=1S/2C4H10N2S.H4Si/c2*7-6-3-1-5-2-4-6;/h2*5,7H,1-4H2;1H4. The SMILES string of the molecule is SN1CCNCC1.SN1CCNCC1.[SiH4]. The smallest absolute Gasteiger partial charge is 0.0213 e. The van der Waals surface area contributed by atoms with Gasteiger partial charge in [0.05, 0.1) is 0 Å². The number of rotatable bonds is 0. The van der Waals surface area contributed by atoms with Crippen LogP contribution < -0.4 is 10.6 Å². The van der Waals surface area contributed by atoms with E-state index in [0.717, 1.165) is 52.4 Å². The van der Waals surface area contributed by atoms with E-state index in [0.29, 0.717) is 0 Å².